The summed E-state index contributed by atoms with van der Waals surface area (Å²) in [5, 5.41) is 3.10. The third kappa shape index (κ3) is 2.92. The van der Waals surface area contributed by atoms with Crippen LogP contribution in [0.2, 0.25) is 0 Å². The maximum atomic E-state index is 13.4. The van der Waals surface area contributed by atoms with Crippen molar-refractivity contribution in [2.75, 3.05) is 10.7 Å². The Bertz CT molecular complexity index is 501. The minimum absolute atomic E-state index is 0.216. The lowest BCUT2D eigenvalue weighted by molar-refractivity contribution is 0.613. The molecule has 0 spiro atoms. The summed E-state index contributed by atoms with van der Waals surface area (Å²) in [7, 11) is 0. The van der Waals surface area contributed by atoms with Gasteiger partial charge in [-0.1, -0.05) is 18.2 Å². The van der Waals surface area contributed by atoms with E-state index in [1.165, 1.54) is 6.07 Å². The zero-order valence-electron chi connectivity index (χ0n) is 9.15. The number of anilines is 2. The van der Waals surface area contributed by atoms with Crippen LogP contribution in [-0.4, -0.2) is 4.98 Å². The van der Waals surface area contributed by atoms with Crippen LogP contribution in [-0.2, 0) is 6.54 Å². The van der Waals surface area contributed by atoms with E-state index in [1.54, 1.807) is 36.5 Å². The van der Waals surface area contributed by atoms with E-state index in [9.17, 15) is 4.39 Å². The molecule has 1 aromatic heterocycles. The molecule has 17 heavy (non-hydrogen) atoms. The Morgan fingerprint density at radius 3 is 2.82 bits per heavy atom. The average Bonchev–Trinajstić information content (AvgIpc) is 2.38. The number of nitrogens with two attached hydrogens (primary N) is 1. The molecule has 0 aliphatic carbocycles. The van der Waals surface area contributed by atoms with Gasteiger partial charge in [-0.15, -0.1) is 0 Å². The predicted octanol–water partition coefficient (Wildman–Crippen LogP) is 2.12. The van der Waals surface area contributed by atoms with Gasteiger partial charge in [0.2, 0.25) is 0 Å². The second-order valence-corrected chi connectivity index (χ2v) is 3.52. The molecule has 0 unspecified atom stereocenters. The third-order valence-electron chi connectivity index (χ3n) is 2.35. The van der Waals surface area contributed by atoms with E-state index < -0.39 is 0 Å². The Balaban J connectivity index is 2.05. The van der Waals surface area contributed by atoms with Crippen molar-refractivity contribution in [2.24, 2.45) is 5.84 Å². The van der Waals surface area contributed by atoms with Gasteiger partial charge in [-0.2, -0.15) is 0 Å². The number of nitrogens with zero attached hydrogens (tertiary/aromatic N) is 1. The highest BCUT2D eigenvalue weighted by molar-refractivity contribution is 5.51. The Hall–Kier alpha value is -2.14. The molecule has 1 heterocycles. The van der Waals surface area contributed by atoms with Crippen molar-refractivity contribution >= 4 is 11.5 Å². The molecule has 88 valence electrons. The number of pyridine rings is 1. The van der Waals surface area contributed by atoms with Gasteiger partial charge in [0.15, 0.2) is 0 Å². The van der Waals surface area contributed by atoms with E-state index >= 15 is 0 Å². The lowest BCUT2D eigenvalue weighted by Gasteiger charge is -2.08. The fourth-order valence-corrected chi connectivity index (χ4v) is 1.46. The molecule has 0 fully saturated rings. The first kappa shape index (κ1) is 11.3. The summed E-state index contributed by atoms with van der Waals surface area (Å²) < 4.78 is 13.4. The molecular formula is C12H13FN4. The maximum Gasteiger partial charge on any atom is 0.141 e. The number of hydrogen-bond donors (Lipinski definition) is 3. The summed E-state index contributed by atoms with van der Waals surface area (Å²) in [5.74, 6) is 5.59. The van der Waals surface area contributed by atoms with Gasteiger partial charge in [-0.05, 0) is 12.1 Å². The number of benzene rings is 1. The largest absolute Gasteiger partial charge is 0.381 e. The molecule has 4 N–H and O–H groups in total. The van der Waals surface area contributed by atoms with E-state index in [4.69, 9.17) is 5.84 Å². The normalized spacial score (nSPS) is 10.0. The molecule has 0 aliphatic rings. The minimum Gasteiger partial charge on any atom is -0.381 e. The smallest absolute Gasteiger partial charge is 0.141 e. The minimum atomic E-state index is -0.216. The van der Waals surface area contributed by atoms with Crippen molar-refractivity contribution in [3.8, 4) is 0 Å². The van der Waals surface area contributed by atoms with E-state index in [1.807, 2.05) is 0 Å². The first-order chi connectivity index (χ1) is 8.29. The van der Waals surface area contributed by atoms with Crippen molar-refractivity contribution in [2.45, 2.75) is 6.54 Å². The number of nitrogens with one attached hydrogen (secondary N) is 2. The van der Waals surface area contributed by atoms with Gasteiger partial charge in [-0.25, -0.2) is 15.2 Å². The molecule has 0 amide bonds. The van der Waals surface area contributed by atoms with Crippen molar-refractivity contribution in [1.29, 1.82) is 0 Å². The van der Waals surface area contributed by atoms with Crippen LogP contribution in [0.15, 0.2) is 42.6 Å². The lowest BCUT2D eigenvalue weighted by atomic mass is 10.2. The quantitative estimate of drug-likeness (QED) is 0.558. The van der Waals surface area contributed by atoms with Gasteiger partial charge in [0.25, 0.3) is 0 Å². The number of aromatic nitrogens is 1. The highest BCUT2D eigenvalue weighted by Gasteiger charge is 2.00. The molecule has 0 atom stereocenters. The fraction of sp³-hybridized carbons (Fsp3) is 0.0833. The van der Waals surface area contributed by atoms with E-state index in [0.717, 1.165) is 5.69 Å². The molecule has 2 rings (SSSR count). The lowest BCUT2D eigenvalue weighted by Crippen LogP contribution is -2.09. The molecule has 0 aliphatic heterocycles. The first-order valence-electron chi connectivity index (χ1n) is 5.19. The molecule has 0 bridgehead atoms. The second-order valence-electron chi connectivity index (χ2n) is 3.52. The molecule has 4 nitrogen and oxygen atoms in total. The topological polar surface area (TPSA) is 63.0 Å². The summed E-state index contributed by atoms with van der Waals surface area (Å²) in [6.07, 6.45) is 1.62. The number of nitrogen functional groups attached to an aromatic ring is 1. The maximum absolute atomic E-state index is 13.4. The van der Waals surface area contributed by atoms with E-state index in [0.29, 0.717) is 17.9 Å². The Morgan fingerprint density at radius 1 is 1.24 bits per heavy atom. The SMILES string of the molecule is NNc1cc(NCc2ccccc2F)ccn1. The highest BCUT2D eigenvalue weighted by atomic mass is 19.1. The van der Waals surface area contributed by atoms with Crippen LogP contribution >= 0.6 is 0 Å². The highest BCUT2D eigenvalue weighted by Crippen LogP contribution is 2.13. The summed E-state index contributed by atoms with van der Waals surface area (Å²) in [4.78, 5) is 3.98. The van der Waals surface area contributed by atoms with Crippen molar-refractivity contribution in [3.05, 3.63) is 54.0 Å². The Labute approximate surface area is 98.6 Å². The molecule has 5 heteroatoms. The molecule has 2 aromatic rings. The molecular weight excluding hydrogens is 219 g/mol. The number of hydrogen-bond acceptors (Lipinski definition) is 4. The third-order valence-corrected chi connectivity index (χ3v) is 2.35. The summed E-state index contributed by atoms with van der Waals surface area (Å²) in [5.41, 5.74) is 3.90. The van der Waals surface area contributed by atoms with Gasteiger partial charge in [0.1, 0.15) is 11.6 Å². The standard InChI is InChI=1S/C12H13FN4/c13-11-4-2-1-3-9(11)8-16-10-5-6-15-12(7-10)17-14/h1-7H,8,14H2,(H2,15,16,17). The molecule has 0 saturated heterocycles. The van der Waals surface area contributed by atoms with Gasteiger partial charge in [0.05, 0.1) is 0 Å². The van der Waals surface area contributed by atoms with Gasteiger partial charge >= 0.3 is 0 Å². The zero-order chi connectivity index (χ0) is 12.1. The van der Waals surface area contributed by atoms with Crippen LogP contribution in [0.25, 0.3) is 0 Å². The van der Waals surface area contributed by atoms with E-state index in [2.05, 4.69) is 15.7 Å². The monoisotopic (exact) mass is 232 g/mol. The van der Waals surface area contributed by atoms with Crippen molar-refractivity contribution in [3.63, 3.8) is 0 Å². The van der Waals surface area contributed by atoms with Crippen molar-refractivity contribution < 1.29 is 4.39 Å². The van der Waals surface area contributed by atoms with E-state index in [-0.39, 0.29) is 5.82 Å². The fourth-order valence-electron chi connectivity index (χ4n) is 1.46. The van der Waals surface area contributed by atoms with Crippen molar-refractivity contribution in [1.82, 2.24) is 4.98 Å². The molecule has 0 saturated carbocycles. The zero-order valence-corrected chi connectivity index (χ0v) is 9.15. The van der Waals surface area contributed by atoms with Gasteiger partial charge < -0.3 is 10.7 Å². The number of hydrazine groups is 1. The van der Waals surface area contributed by atoms with Gasteiger partial charge in [-0.3, -0.25) is 0 Å². The van der Waals surface area contributed by atoms with Crippen LogP contribution < -0.4 is 16.6 Å². The molecule has 1 aromatic carbocycles. The molecule has 0 radical (unpaired) electrons. The van der Waals surface area contributed by atoms with Gasteiger partial charge in [0, 0.05) is 30.1 Å². The summed E-state index contributed by atoms with van der Waals surface area (Å²) >= 11 is 0. The van der Waals surface area contributed by atoms with Crippen LogP contribution in [0.3, 0.4) is 0 Å². The van der Waals surface area contributed by atoms with Crippen LogP contribution in [0.5, 0.6) is 0 Å². The Kier molecular flexibility index (Phi) is 3.52. The summed E-state index contributed by atoms with van der Waals surface area (Å²) in [6.45, 7) is 0.417. The predicted molar refractivity (Wildman–Crippen MR) is 65.8 cm³/mol. The number of rotatable bonds is 4. The van der Waals surface area contributed by atoms with Crippen LogP contribution in [0, 0.1) is 5.82 Å². The first-order valence-corrected chi connectivity index (χ1v) is 5.19. The van der Waals surface area contributed by atoms with Crippen LogP contribution in [0.1, 0.15) is 5.56 Å². The second kappa shape index (κ2) is 5.27. The average molecular weight is 232 g/mol. The Morgan fingerprint density at radius 2 is 2.06 bits per heavy atom. The van der Waals surface area contributed by atoms with Crippen LogP contribution in [0.4, 0.5) is 15.9 Å². The number of halogens is 1. The summed E-state index contributed by atoms with van der Waals surface area (Å²) in [6, 6.07) is 10.2.